The number of para-hydroxylation sites is 2. The molecule has 1 amide bonds. The second-order valence-electron chi connectivity index (χ2n) is 7.00. The summed E-state index contributed by atoms with van der Waals surface area (Å²) in [6.07, 6.45) is 2.11. The number of anilines is 1. The number of halogens is 1. The fourth-order valence-corrected chi connectivity index (χ4v) is 4.68. The number of hydrogen-bond acceptors (Lipinski definition) is 4. The Morgan fingerprint density at radius 1 is 1.26 bits per heavy atom. The van der Waals surface area contributed by atoms with Gasteiger partial charge in [0.2, 0.25) is 5.91 Å². The molecule has 27 heavy (non-hydrogen) atoms. The molecule has 1 fully saturated rings. The van der Waals surface area contributed by atoms with E-state index in [2.05, 4.69) is 16.3 Å². The van der Waals surface area contributed by atoms with Gasteiger partial charge in [-0.05, 0) is 50.6 Å². The zero-order valence-electron chi connectivity index (χ0n) is 15.2. The molecule has 1 saturated heterocycles. The van der Waals surface area contributed by atoms with Crippen LogP contribution in [-0.2, 0) is 4.79 Å². The maximum Gasteiger partial charge on any atom is 0.241 e. The van der Waals surface area contributed by atoms with Crippen molar-refractivity contribution in [3.8, 4) is 0 Å². The van der Waals surface area contributed by atoms with E-state index in [-0.39, 0.29) is 17.6 Å². The van der Waals surface area contributed by atoms with Crippen LogP contribution in [0.15, 0.2) is 48.5 Å². The molecular formula is C21H22FN3OS. The average Bonchev–Trinajstić information content (AvgIpc) is 3.13. The van der Waals surface area contributed by atoms with Gasteiger partial charge in [0.1, 0.15) is 5.82 Å². The number of nitrogens with zero attached hydrogens (tertiary/aromatic N) is 2. The van der Waals surface area contributed by atoms with Crippen molar-refractivity contribution in [3.05, 3.63) is 59.4 Å². The third-order valence-corrected chi connectivity index (χ3v) is 6.37. The summed E-state index contributed by atoms with van der Waals surface area (Å²) in [4.78, 5) is 19.6. The molecule has 0 unspecified atom stereocenters. The largest absolute Gasteiger partial charge is 0.322 e. The predicted molar refractivity (Wildman–Crippen MR) is 108 cm³/mol. The summed E-state index contributed by atoms with van der Waals surface area (Å²) in [5, 5.41) is 3.86. The molecule has 140 valence electrons. The number of benzene rings is 2. The first-order valence-corrected chi connectivity index (χ1v) is 10.1. The molecule has 1 aliphatic heterocycles. The van der Waals surface area contributed by atoms with E-state index < -0.39 is 5.82 Å². The maximum absolute atomic E-state index is 13.8. The van der Waals surface area contributed by atoms with Crippen molar-refractivity contribution < 1.29 is 9.18 Å². The molecule has 1 aliphatic rings. The number of nitrogens with one attached hydrogen (secondary N) is 1. The molecule has 0 bridgehead atoms. The summed E-state index contributed by atoms with van der Waals surface area (Å²) in [5.41, 5.74) is 1.27. The minimum Gasteiger partial charge on any atom is -0.322 e. The monoisotopic (exact) mass is 383 g/mol. The molecule has 2 heterocycles. The van der Waals surface area contributed by atoms with E-state index in [0.717, 1.165) is 36.5 Å². The summed E-state index contributed by atoms with van der Waals surface area (Å²) in [7, 11) is 0. The second-order valence-corrected chi connectivity index (χ2v) is 8.06. The third kappa shape index (κ3) is 3.87. The highest BCUT2D eigenvalue weighted by Crippen LogP contribution is 2.33. The minimum absolute atomic E-state index is 0.176. The summed E-state index contributed by atoms with van der Waals surface area (Å²) >= 11 is 1.74. The van der Waals surface area contributed by atoms with Gasteiger partial charge in [-0.2, -0.15) is 0 Å². The highest BCUT2D eigenvalue weighted by Gasteiger charge is 2.30. The Bertz CT molecular complexity index is 924. The van der Waals surface area contributed by atoms with Crippen LogP contribution in [0.5, 0.6) is 0 Å². The Morgan fingerprint density at radius 2 is 2.04 bits per heavy atom. The lowest BCUT2D eigenvalue weighted by Crippen LogP contribution is -2.46. The lowest BCUT2D eigenvalue weighted by atomic mass is 9.97. The first kappa shape index (κ1) is 18.1. The van der Waals surface area contributed by atoms with Gasteiger partial charge in [-0.25, -0.2) is 9.37 Å². The average molecular weight is 383 g/mol. The smallest absolute Gasteiger partial charge is 0.241 e. The Morgan fingerprint density at radius 3 is 2.85 bits per heavy atom. The predicted octanol–water partition coefficient (Wildman–Crippen LogP) is 4.64. The van der Waals surface area contributed by atoms with E-state index in [4.69, 9.17) is 4.98 Å². The van der Waals surface area contributed by atoms with E-state index in [1.807, 2.05) is 25.1 Å². The Hall–Kier alpha value is -2.31. The highest BCUT2D eigenvalue weighted by atomic mass is 32.1. The van der Waals surface area contributed by atoms with Crippen molar-refractivity contribution in [2.75, 3.05) is 18.4 Å². The number of aromatic nitrogens is 1. The van der Waals surface area contributed by atoms with Crippen LogP contribution < -0.4 is 5.32 Å². The molecule has 0 spiro atoms. The summed E-state index contributed by atoms with van der Waals surface area (Å²) < 4.78 is 15.0. The van der Waals surface area contributed by atoms with Crippen LogP contribution in [0, 0.1) is 5.82 Å². The molecule has 1 N–H and O–H groups in total. The summed E-state index contributed by atoms with van der Waals surface area (Å²) in [5.74, 6) is -0.256. The normalized spacial score (nSPS) is 19.1. The number of rotatable bonds is 4. The van der Waals surface area contributed by atoms with Crippen molar-refractivity contribution >= 4 is 33.1 Å². The number of carbonyl (C=O) groups is 1. The van der Waals surface area contributed by atoms with E-state index in [9.17, 15) is 9.18 Å². The van der Waals surface area contributed by atoms with Gasteiger partial charge in [-0.15, -0.1) is 11.3 Å². The second kappa shape index (κ2) is 7.74. The highest BCUT2D eigenvalue weighted by molar-refractivity contribution is 7.18. The zero-order valence-corrected chi connectivity index (χ0v) is 16.0. The van der Waals surface area contributed by atoms with Crippen molar-refractivity contribution in [2.24, 2.45) is 0 Å². The summed E-state index contributed by atoms with van der Waals surface area (Å²) in [6.45, 7) is 3.55. The van der Waals surface area contributed by atoms with Gasteiger partial charge >= 0.3 is 0 Å². The Balaban J connectivity index is 1.45. The van der Waals surface area contributed by atoms with E-state index >= 15 is 0 Å². The van der Waals surface area contributed by atoms with Crippen LogP contribution in [-0.4, -0.2) is 34.9 Å². The molecule has 2 aromatic carbocycles. The van der Waals surface area contributed by atoms with Crippen LogP contribution in [0.3, 0.4) is 0 Å². The maximum atomic E-state index is 13.8. The van der Waals surface area contributed by atoms with E-state index in [0.29, 0.717) is 5.92 Å². The minimum atomic E-state index is -0.413. The molecule has 4 nitrogen and oxygen atoms in total. The van der Waals surface area contributed by atoms with Gasteiger partial charge in [0, 0.05) is 12.5 Å². The van der Waals surface area contributed by atoms with Crippen LogP contribution in [0.1, 0.15) is 30.7 Å². The number of carbonyl (C=O) groups excluding carboxylic acids is 1. The number of fused-ring (bicyclic) bond motifs is 1. The third-order valence-electron chi connectivity index (χ3n) is 5.17. The fourth-order valence-electron chi connectivity index (χ4n) is 3.59. The zero-order chi connectivity index (χ0) is 18.8. The van der Waals surface area contributed by atoms with Crippen molar-refractivity contribution in [2.45, 2.75) is 31.7 Å². The van der Waals surface area contributed by atoms with Crippen molar-refractivity contribution in [1.82, 2.24) is 9.88 Å². The number of amides is 1. The molecule has 1 aromatic heterocycles. The van der Waals surface area contributed by atoms with Crippen molar-refractivity contribution in [1.29, 1.82) is 0 Å². The van der Waals surface area contributed by atoms with Crippen LogP contribution >= 0.6 is 11.3 Å². The van der Waals surface area contributed by atoms with Crippen LogP contribution in [0.4, 0.5) is 10.1 Å². The fraction of sp³-hybridized carbons (Fsp3) is 0.333. The number of piperidine rings is 1. The Kier molecular flexibility index (Phi) is 5.18. The molecular weight excluding hydrogens is 361 g/mol. The first-order valence-electron chi connectivity index (χ1n) is 9.27. The standard InChI is InChI=1S/C21H22FN3OS/c1-14(20(26)23-17-9-3-2-8-16(17)22)25-12-6-7-15(13-25)21-24-18-10-4-5-11-19(18)27-21/h2-5,8-11,14-15H,6-7,12-13H2,1H3,(H,23,26)/t14-,15-/m0/s1. The lowest BCUT2D eigenvalue weighted by Gasteiger charge is -2.35. The van der Waals surface area contributed by atoms with E-state index in [1.165, 1.54) is 10.8 Å². The molecule has 0 radical (unpaired) electrons. The number of hydrogen-bond donors (Lipinski definition) is 1. The van der Waals surface area contributed by atoms with Gasteiger partial charge in [0.05, 0.1) is 27.0 Å². The SMILES string of the molecule is C[C@@H](C(=O)Nc1ccccc1F)N1CCC[C@H](c2nc3ccccc3s2)C1. The summed E-state index contributed by atoms with van der Waals surface area (Å²) in [6, 6.07) is 14.1. The molecule has 4 rings (SSSR count). The number of likely N-dealkylation sites (tertiary alicyclic amines) is 1. The molecule has 0 saturated carbocycles. The molecule has 3 aromatic rings. The topological polar surface area (TPSA) is 45.2 Å². The lowest BCUT2D eigenvalue weighted by molar-refractivity contribution is -0.121. The van der Waals surface area contributed by atoms with Crippen molar-refractivity contribution in [3.63, 3.8) is 0 Å². The molecule has 6 heteroatoms. The van der Waals surface area contributed by atoms with Crippen LogP contribution in [0.2, 0.25) is 0 Å². The van der Waals surface area contributed by atoms with E-state index in [1.54, 1.807) is 29.5 Å². The first-order chi connectivity index (χ1) is 13.1. The number of thiazole rings is 1. The van der Waals surface area contributed by atoms with Gasteiger partial charge in [-0.3, -0.25) is 9.69 Å². The van der Waals surface area contributed by atoms with Gasteiger partial charge in [-0.1, -0.05) is 24.3 Å². The quantitative estimate of drug-likeness (QED) is 0.714. The van der Waals surface area contributed by atoms with Gasteiger partial charge in [0.15, 0.2) is 0 Å². The van der Waals surface area contributed by atoms with Gasteiger partial charge in [0.25, 0.3) is 0 Å². The van der Waals surface area contributed by atoms with Gasteiger partial charge < -0.3 is 5.32 Å². The Labute approximate surface area is 162 Å². The molecule has 2 atom stereocenters. The van der Waals surface area contributed by atoms with Crippen LogP contribution in [0.25, 0.3) is 10.2 Å². The molecule has 0 aliphatic carbocycles.